The Bertz CT molecular complexity index is 800. The van der Waals surface area contributed by atoms with Gasteiger partial charge in [-0.3, -0.25) is 4.79 Å². The SMILES string of the molecule is CCOC(=O)C1=C(C)NC2=C(C(=O)CC(C)(C)C2)[C@H]1c1ccc(I)o1. The Morgan fingerprint density at radius 2 is 2.12 bits per heavy atom. The summed E-state index contributed by atoms with van der Waals surface area (Å²) >= 11 is 2.09. The van der Waals surface area contributed by atoms with Gasteiger partial charge in [0.2, 0.25) is 0 Å². The molecule has 6 heteroatoms. The number of ether oxygens (including phenoxy) is 1. The number of ketones is 1. The number of hydrogen-bond acceptors (Lipinski definition) is 5. The van der Waals surface area contributed by atoms with E-state index in [-0.39, 0.29) is 17.8 Å². The van der Waals surface area contributed by atoms with Crippen LogP contribution in [0.3, 0.4) is 0 Å². The van der Waals surface area contributed by atoms with E-state index in [1.54, 1.807) is 6.92 Å². The molecule has 0 radical (unpaired) electrons. The highest BCUT2D eigenvalue weighted by molar-refractivity contribution is 14.1. The van der Waals surface area contributed by atoms with Gasteiger partial charge in [0.1, 0.15) is 5.76 Å². The third-order valence-corrected chi connectivity index (χ3v) is 5.19. The van der Waals surface area contributed by atoms with E-state index in [1.807, 2.05) is 19.1 Å². The average molecular weight is 455 g/mol. The number of Topliss-reactive ketones (excluding diaryl/α,β-unsaturated/α-hetero) is 1. The van der Waals surface area contributed by atoms with Crippen LogP contribution < -0.4 is 5.32 Å². The molecule has 134 valence electrons. The van der Waals surface area contributed by atoms with Crippen LogP contribution in [-0.2, 0) is 14.3 Å². The molecule has 0 bridgehead atoms. The van der Waals surface area contributed by atoms with Crippen LogP contribution in [0.2, 0.25) is 0 Å². The predicted octanol–water partition coefficient (Wildman–Crippen LogP) is 4.05. The van der Waals surface area contributed by atoms with Crippen molar-refractivity contribution >= 4 is 34.3 Å². The summed E-state index contributed by atoms with van der Waals surface area (Å²) in [6, 6.07) is 3.68. The molecule has 0 saturated carbocycles. The molecule has 25 heavy (non-hydrogen) atoms. The number of dihydropyridines is 1. The zero-order valence-corrected chi connectivity index (χ0v) is 17.0. The summed E-state index contributed by atoms with van der Waals surface area (Å²) in [5, 5.41) is 3.29. The summed E-state index contributed by atoms with van der Waals surface area (Å²) in [7, 11) is 0. The van der Waals surface area contributed by atoms with Crippen molar-refractivity contribution in [3.63, 3.8) is 0 Å². The van der Waals surface area contributed by atoms with Gasteiger partial charge in [-0.25, -0.2) is 4.79 Å². The van der Waals surface area contributed by atoms with E-state index in [4.69, 9.17) is 9.15 Å². The van der Waals surface area contributed by atoms with Gasteiger partial charge in [-0.05, 0) is 60.4 Å². The molecule has 5 nitrogen and oxygen atoms in total. The van der Waals surface area contributed by atoms with Crippen LogP contribution in [0.5, 0.6) is 0 Å². The predicted molar refractivity (Wildman–Crippen MR) is 102 cm³/mol. The number of rotatable bonds is 3. The van der Waals surface area contributed by atoms with Crippen LogP contribution in [0.15, 0.2) is 39.1 Å². The maximum absolute atomic E-state index is 13.0. The Morgan fingerprint density at radius 1 is 1.40 bits per heavy atom. The number of halogens is 1. The number of nitrogens with one attached hydrogen (secondary N) is 1. The number of allylic oxidation sites excluding steroid dienone is 3. The van der Waals surface area contributed by atoms with Crippen LogP contribution in [0.4, 0.5) is 0 Å². The van der Waals surface area contributed by atoms with Crippen LogP contribution in [0, 0.1) is 9.18 Å². The van der Waals surface area contributed by atoms with Crippen molar-refractivity contribution in [2.45, 2.75) is 46.5 Å². The highest BCUT2D eigenvalue weighted by atomic mass is 127. The Kier molecular flexibility index (Phi) is 4.83. The molecular weight excluding hydrogens is 433 g/mol. The van der Waals surface area contributed by atoms with E-state index in [0.29, 0.717) is 23.3 Å². The monoisotopic (exact) mass is 455 g/mol. The molecule has 0 aromatic carbocycles. The number of hydrogen-bond donors (Lipinski definition) is 1. The van der Waals surface area contributed by atoms with E-state index in [1.165, 1.54) is 0 Å². The van der Waals surface area contributed by atoms with Gasteiger partial charge in [0, 0.05) is 23.4 Å². The highest BCUT2D eigenvalue weighted by Gasteiger charge is 2.44. The number of furan rings is 1. The summed E-state index contributed by atoms with van der Waals surface area (Å²) in [5.41, 5.74) is 2.60. The maximum atomic E-state index is 13.0. The van der Waals surface area contributed by atoms with Crippen LogP contribution >= 0.6 is 22.6 Å². The molecule has 0 spiro atoms. The first-order valence-electron chi connectivity index (χ1n) is 8.40. The second-order valence-corrected chi connectivity index (χ2v) is 8.36. The fraction of sp³-hybridized carbons (Fsp3) is 0.474. The standard InChI is InChI=1S/C19H22INO4/c1-5-24-18(23)15-10(2)21-11-8-19(3,4)9-12(22)16(11)17(15)13-6-7-14(20)25-13/h6-7,17,21H,5,8-9H2,1-4H3/t17-/m0/s1. The molecule has 1 aromatic rings. The zero-order chi connectivity index (χ0) is 18.4. The summed E-state index contributed by atoms with van der Waals surface area (Å²) in [4.78, 5) is 25.6. The Hall–Kier alpha value is -1.57. The van der Waals surface area contributed by atoms with E-state index < -0.39 is 11.9 Å². The molecule has 0 amide bonds. The summed E-state index contributed by atoms with van der Waals surface area (Å²) in [6.45, 7) is 8.07. The molecule has 3 rings (SSSR count). The van der Waals surface area contributed by atoms with E-state index >= 15 is 0 Å². The van der Waals surface area contributed by atoms with Gasteiger partial charge in [0.05, 0.1) is 18.1 Å². The lowest BCUT2D eigenvalue weighted by molar-refractivity contribution is -0.138. The smallest absolute Gasteiger partial charge is 0.336 e. The van der Waals surface area contributed by atoms with Crippen molar-refractivity contribution in [2.75, 3.05) is 6.61 Å². The molecule has 0 unspecified atom stereocenters. The average Bonchev–Trinajstić information content (AvgIpc) is 2.90. The van der Waals surface area contributed by atoms with Gasteiger partial charge in [-0.1, -0.05) is 13.8 Å². The van der Waals surface area contributed by atoms with Gasteiger partial charge in [-0.15, -0.1) is 0 Å². The van der Waals surface area contributed by atoms with E-state index in [9.17, 15) is 9.59 Å². The van der Waals surface area contributed by atoms with Gasteiger partial charge in [0.15, 0.2) is 9.55 Å². The summed E-state index contributed by atoms with van der Waals surface area (Å²) in [5.74, 6) is -0.256. The van der Waals surface area contributed by atoms with Crippen LogP contribution in [-0.4, -0.2) is 18.4 Å². The van der Waals surface area contributed by atoms with E-state index in [2.05, 4.69) is 41.8 Å². The Labute approximate surface area is 161 Å². The van der Waals surface area contributed by atoms with Gasteiger partial charge in [0.25, 0.3) is 0 Å². The van der Waals surface area contributed by atoms with Gasteiger partial charge < -0.3 is 14.5 Å². The molecule has 0 saturated heterocycles. The third kappa shape index (κ3) is 3.41. The third-order valence-electron chi connectivity index (χ3n) is 4.61. The number of carbonyl (C=O) groups excluding carboxylic acids is 2. The van der Waals surface area contributed by atoms with E-state index in [0.717, 1.165) is 21.6 Å². The number of carbonyl (C=O) groups is 2. The summed E-state index contributed by atoms with van der Waals surface area (Å²) < 4.78 is 11.8. The fourth-order valence-electron chi connectivity index (χ4n) is 3.68. The second-order valence-electron chi connectivity index (χ2n) is 7.29. The minimum Gasteiger partial charge on any atom is -0.463 e. The largest absolute Gasteiger partial charge is 0.463 e. The molecule has 0 fully saturated rings. The van der Waals surface area contributed by atoms with Crippen molar-refractivity contribution in [1.82, 2.24) is 5.32 Å². The van der Waals surface area contributed by atoms with Gasteiger partial charge >= 0.3 is 5.97 Å². The Morgan fingerprint density at radius 3 is 2.72 bits per heavy atom. The van der Waals surface area contributed by atoms with Crippen molar-refractivity contribution < 1.29 is 18.7 Å². The van der Waals surface area contributed by atoms with Crippen molar-refractivity contribution in [3.8, 4) is 0 Å². The van der Waals surface area contributed by atoms with Crippen molar-refractivity contribution in [2.24, 2.45) is 5.41 Å². The van der Waals surface area contributed by atoms with Crippen LogP contribution in [0.1, 0.15) is 52.2 Å². The minimum absolute atomic E-state index is 0.0597. The lowest BCUT2D eigenvalue weighted by Gasteiger charge is -2.38. The lowest BCUT2D eigenvalue weighted by atomic mass is 9.69. The molecule has 1 aromatic heterocycles. The van der Waals surface area contributed by atoms with Gasteiger partial charge in [-0.2, -0.15) is 0 Å². The number of esters is 1. The summed E-state index contributed by atoms with van der Waals surface area (Å²) in [6.07, 6.45) is 1.22. The molecule has 1 N–H and O–H groups in total. The normalized spacial score (nSPS) is 22.6. The quantitative estimate of drug-likeness (QED) is 0.550. The molecule has 2 aliphatic rings. The molecule has 1 atom stereocenters. The lowest BCUT2D eigenvalue weighted by Crippen LogP contribution is -2.38. The Balaban J connectivity index is 2.15. The first kappa shape index (κ1) is 18.2. The first-order chi connectivity index (χ1) is 11.7. The fourth-order valence-corrected chi connectivity index (χ4v) is 4.12. The van der Waals surface area contributed by atoms with Crippen molar-refractivity contribution in [3.05, 3.63) is 44.2 Å². The first-order valence-corrected chi connectivity index (χ1v) is 9.48. The van der Waals surface area contributed by atoms with Crippen LogP contribution in [0.25, 0.3) is 0 Å². The zero-order valence-electron chi connectivity index (χ0n) is 14.9. The molecular formula is C19H22INO4. The highest BCUT2D eigenvalue weighted by Crippen LogP contribution is 2.47. The van der Waals surface area contributed by atoms with Crippen molar-refractivity contribution in [1.29, 1.82) is 0 Å². The minimum atomic E-state index is -0.512. The topological polar surface area (TPSA) is 68.5 Å². The molecule has 2 heterocycles. The molecule has 1 aliphatic carbocycles. The maximum Gasteiger partial charge on any atom is 0.336 e. The second kappa shape index (κ2) is 6.63. The molecule has 1 aliphatic heterocycles.